The molecule has 0 aliphatic carbocycles. The normalized spacial score (nSPS) is 19.4. The number of halogens is 1. The zero-order chi connectivity index (χ0) is 16.7. The lowest BCUT2D eigenvalue weighted by atomic mass is 9.97. The van der Waals surface area contributed by atoms with Crippen LogP contribution in [0.1, 0.15) is 35.3 Å². The number of rotatable bonds is 3. The number of nitrogens with one attached hydrogen (secondary N) is 1. The van der Waals surface area contributed by atoms with E-state index in [1.54, 1.807) is 10.4 Å². The molecular formula is C15H22ClN5O2S2. The highest BCUT2D eigenvalue weighted by Gasteiger charge is 2.33. The Morgan fingerprint density at radius 3 is 2.64 bits per heavy atom. The minimum atomic E-state index is -3.35. The van der Waals surface area contributed by atoms with Crippen molar-refractivity contribution in [3.05, 3.63) is 28.7 Å². The third kappa shape index (κ3) is 3.48. The number of hydrogen-bond donors (Lipinski definition) is 1. The molecule has 0 unspecified atom stereocenters. The number of thiophene rings is 1. The van der Waals surface area contributed by atoms with Gasteiger partial charge < -0.3 is 9.88 Å². The van der Waals surface area contributed by atoms with Crippen LogP contribution in [0.3, 0.4) is 0 Å². The molecule has 25 heavy (non-hydrogen) atoms. The highest BCUT2D eigenvalue weighted by molar-refractivity contribution is 7.91. The summed E-state index contributed by atoms with van der Waals surface area (Å²) >= 11 is 1.34. The van der Waals surface area contributed by atoms with Crippen molar-refractivity contribution in [2.75, 3.05) is 19.6 Å². The molecule has 1 saturated heterocycles. The first-order valence-electron chi connectivity index (χ1n) is 8.25. The summed E-state index contributed by atoms with van der Waals surface area (Å²) in [6, 6.07) is 3.57. The van der Waals surface area contributed by atoms with Gasteiger partial charge in [0.25, 0.3) is 10.0 Å². The van der Waals surface area contributed by atoms with Gasteiger partial charge in [0, 0.05) is 37.0 Å². The van der Waals surface area contributed by atoms with Crippen LogP contribution >= 0.6 is 23.7 Å². The van der Waals surface area contributed by atoms with E-state index in [0.717, 1.165) is 49.0 Å². The van der Waals surface area contributed by atoms with Gasteiger partial charge in [-0.2, -0.15) is 4.31 Å². The number of hydrogen-bond acceptors (Lipinski definition) is 6. The number of aromatic nitrogens is 3. The van der Waals surface area contributed by atoms with Gasteiger partial charge in [-0.25, -0.2) is 8.42 Å². The smallest absolute Gasteiger partial charge is 0.252 e. The number of aryl methyl sites for hydroxylation is 1. The molecule has 2 aliphatic rings. The predicted octanol–water partition coefficient (Wildman–Crippen LogP) is 1.74. The van der Waals surface area contributed by atoms with E-state index in [1.807, 2.05) is 13.0 Å². The second-order valence-electron chi connectivity index (χ2n) is 6.35. The Hall–Kier alpha value is -1.00. The molecule has 4 rings (SSSR count). The van der Waals surface area contributed by atoms with Gasteiger partial charge in [-0.1, -0.05) is 0 Å². The molecule has 0 spiro atoms. The van der Waals surface area contributed by atoms with E-state index in [-0.39, 0.29) is 12.4 Å². The molecule has 0 radical (unpaired) electrons. The molecule has 2 aliphatic heterocycles. The van der Waals surface area contributed by atoms with Gasteiger partial charge >= 0.3 is 0 Å². The van der Waals surface area contributed by atoms with E-state index in [9.17, 15) is 8.42 Å². The number of nitrogens with zero attached hydrogens (tertiary/aromatic N) is 4. The zero-order valence-corrected chi connectivity index (χ0v) is 16.5. The fourth-order valence-electron chi connectivity index (χ4n) is 3.45. The minimum Gasteiger partial charge on any atom is -0.312 e. The van der Waals surface area contributed by atoms with Crippen molar-refractivity contribution in [3.8, 4) is 0 Å². The van der Waals surface area contributed by atoms with Gasteiger partial charge in [-0.15, -0.1) is 33.9 Å². The summed E-state index contributed by atoms with van der Waals surface area (Å²) in [4.78, 5) is 1.02. The second-order valence-corrected chi connectivity index (χ2v) is 9.80. The van der Waals surface area contributed by atoms with Crippen LogP contribution in [0.15, 0.2) is 16.3 Å². The quantitative estimate of drug-likeness (QED) is 0.844. The second kappa shape index (κ2) is 7.32. The van der Waals surface area contributed by atoms with E-state index < -0.39 is 10.0 Å². The zero-order valence-electron chi connectivity index (χ0n) is 14.0. The maximum absolute atomic E-state index is 12.7. The highest BCUT2D eigenvalue weighted by atomic mass is 35.5. The van der Waals surface area contributed by atoms with Crippen LogP contribution in [0.4, 0.5) is 0 Å². The van der Waals surface area contributed by atoms with Gasteiger partial charge in [0.15, 0.2) is 0 Å². The topological polar surface area (TPSA) is 80.1 Å². The molecule has 138 valence electrons. The van der Waals surface area contributed by atoms with Gasteiger partial charge in [0.2, 0.25) is 0 Å². The van der Waals surface area contributed by atoms with E-state index in [4.69, 9.17) is 0 Å². The van der Waals surface area contributed by atoms with Crippen molar-refractivity contribution < 1.29 is 8.42 Å². The molecule has 0 atom stereocenters. The molecule has 2 aromatic heterocycles. The largest absolute Gasteiger partial charge is 0.312 e. The van der Waals surface area contributed by atoms with Crippen LogP contribution in [-0.2, 0) is 23.1 Å². The van der Waals surface area contributed by atoms with E-state index >= 15 is 0 Å². The average Bonchev–Trinajstić information content (AvgIpc) is 3.21. The van der Waals surface area contributed by atoms with Crippen molar-refractivity contribution >= 4 is 33.8 Å². The maximum atomic E-state index is 12.7. The number of sulfonamides is 1. The van der Waals surface area contributed by atoms with Crippen molar-refractivity contribution in [2.24, 2.45) is 0 Å². The first-order valence-corrected chi connectivity index (χ1v) is 10.5. The van der Waals surface area contributed by atoms with Crippen LogP contribution in [0.2, 0.25) is 0 Å². The highest BCUT2D eigenvalue weighted by Crippen LogP contribution is 2.32. The maximum Gasteiger partial charge on any atom is 0.252 e. The lowest BCUT2D eigenvalue weighted by Crippen LogP contribution is -2.38. The van der Waals surface area contributed by atoms with Crippen LogP contribution in [0.25, 0.3) is 0 Å². The summed E-state index contributed by atoms with van der Waals surface area (Å²) in [5.74, 6) is 2.30. The number of fused-ring (bicyclic) bond motifs is 1. The van der Waals surface area contributed by atoms with Crippen LogP contribution < -0.4 is 5.32 Å². The Labute approximate surface area is 157 Å². The molecule has 0 saturated carbocycles. The fraction of sp³-hybridized carbons (Fsp3) is 0.600. The van der Waals surface area contributed by atoms with Crippen molar-refractivity contribution in [1.82, 2.24) is 24.4 Å². The molecule has 0 aromatic carbocycles. The predicted molar refractivity (Wildman–Crippen MR) is 98.8 cm³/mol. The van der Waals surface area contributed by atoms with Crippen molar-refractivity contribution in [1.29, 1.82) is 0 Å². The van der Waals surface area contributed by atoms with Gasteiger partial charge in [0.05, 0.1) is 6.54 Å². The lowest BCUT2D eigenvalue weighted by Gasteiger charge is -2.31. The Bertz CT molecular complexity index is 840. The average molecular weight is 404 g/mol. The molecule has 2 aromatic rings. The first kappa shape index (κ1) is 18.8. The molecule has 0 amide bonds. The van der Waals surface area contributed by atoms with Crippen LogP contribution in [0, 0.1) is 6.92 Å². The first-order chi connectivity index (χ1) is 11.6. The van der Waals surface area contributed by atoms with E-state index in [0.29, 0.717) is 23.2 Å². The summed E-state index contributed by atoms with van der Waals surface area (Å²) in [5, 5.41) is 11.9. The summed E-state index contributed by atoms with van der Waals surface area (Å²) in [6.07, 6.45) is 1.60. The monoisotopic (exact) mass is 403 g/mol. The standard InChI is InChI=1S/C15H21N5O2S2.ClH/c1-11-2-3-14(23-11)24(21,22)19-7-4-12(5-8-19)15-18-17-13-10-16-6-9-20(13)15;/h2-3,12,16H,4-10H2,1H3;1H. The molecule has 0 bridgehead atoms. The molecular weight excluding hydrogens is 382 g/mol. The third-order valence-corrected chi connectivity index (χ3v) is 8.15. The van der Waals surface area contributed by atoms with Gasteiger partial charge in [-0.05, 0) is 31.9 Å². The van der Waals surface area contributed by atoms with Gasteiger partial charge in [0.1, 0.15) is 15.9 Å². The van der Waals surface area contributed by atoms with E-state index in [2.05, 4.69) is 20.1 Å². The molecule has 10 heteroatoms. The van der Waals surface area contributed by atoms with Crippen LogP contribution in [-0.4, -0.2) is 47.1 Å². The Morgan fingerprint density at radius 1 is 1.20 bits per heavy atom. The molecule has 1 fully saturated rings. The van der Waals surface area contributed by atoms with Crippen molar-refractivity contribution in [3.63, 3.8) is 0 Å². The molecule has 1 N–H and O–H groups in total. The van der Waals surface area contributed by atoms with Gasteiger partial charge in [-0.3, -0.25) is 0 Å². The minimum absolute atomic E-state index is 0. The Morgan fingerprint density at radius 2 is 1.96 bits per heavy atom. The molecule has 4 heterocycles. The summed E-state index contributed by atoms with van der Waals surface area (Å²) in [6.45, 7) is 5.61. The Balaban J connectivity index is 0.00000182. The fourth-order valence-corrected chi connectivity index (χ4v) is 6.36. The molecule has 7 nitrogen and oxygen atoms in total. The SMILES string of the molecule is Cc1ccc(S(=O)(=O)N2CCC(c3nnc4n3CCNC4)CC2)s1.Cl. The number of piperidine rings is 1. The third-order valence-electron chi connectivity index (χ3n) is 4.78. The summed E-state index contributed by atoms with van der Waals surface area (Å²) in [5.41, 5.74) is 0. The lowest BCUT2D eigenvalue weighted by molar-refractivity contribution is 0.307. The van der Waals surface area contributed by atoms with E-state index in [1.165, 1.54) is 11.3 Å². The summed E-state index contributed by atoms with van der Waals surface area (Å²) in [7, 11) is -3.35. The summed E-state index contributed by atoms with van der Waals surface area (Å²) < 4.78 is 29.7. The van der Waals surface area contributed by atoms with Crippen molar-refractivity contribution in [2.45, 2.75) is 43.0 Å². The Kier molecular flexibility index (Phi) is 5.50. The van der Waals surface area contributed by atoms with Crippen LogP contribution in [0.5, 0.6) is 0 Å².